The summed E-state index contributed by atoms with van der Waals surface area (Å²) in [7, 11) is 3.51. The van der Waals surface area contributed by atoms with Crippen LogP contribution in [0.25, 0.3) is 11.0 Å². The fourth-order valence-electron chi connectivity index (χ4n) is 2.55. The fourth-order valence-corrected chi connectivity index (χ4v) is 2.55. The predicted octanol–water partition coefficient (Wildman–Crippen LogP) is 2.95. The van der Waals surface area contributed by atoms with Crippen molar-refractivity contribution in [2.45, 2.75) is 13.3 Å². The number of fused-ring (bicyclic) bond motifs is 1. The Morgan fingerprint density at radius 1 is 1.23 bits per heavy atom. The third-order valence-electron chi connectivity index (χ3n) is 3.88. The molecule has 0 saturated heterocycles. The van der Waals surface area contributed by atoms with Crippen LogP contribution in [-0.2, 0) is 11.8 Å². The molecule has 138 valence electrons. The molecule has 0 saturated carbocycles. The van der Waals surface area contributed by atoms with Crippen molar-refractivity contribution in [2.24, 2.45) is 7.05 Å². The third kappa shape index (κ3) is 4.20. The zero-order chi connectivity index (χ0) is 18.4. The van der Waals surface area contributed by atoms with E-state index in [0.717, 1.165) is 42.0 Å². The first kappa shape index (κ1) is 17.9. The number of anilines is 3. The van der Waals surface area contributed by atoms with E-state index in [9.17, 15) is 0 Å². The van der Waals surface area contributed by atoms with E-state index in [0.29, 0.717) is 18.4 Å². The minimum absolute atomic E-state index is 0.558. The van der Waals surface area contributed by atoms with Crippen LogP contribution >= 0.6 is 0 Å². The number of nitrogens with one attached hydrogen (secondary N) is 2. The van der Waals surface area contributed by atoms with Crippen LogP contribution in [0.4, 0.5) is 17.5 Å². The van der Waals surface area contributed by atoms with Gasteiger partial charge in [-0.05, 0) is 25.5 Å². The monoisotopic (exact) mass is 356 g/mol. The zero-order valence-corrected chi connectivity index (χ0v) is 15.3. The van der Waals surface area contributed by atoms with Crippen molar-refractivity contribution in [3.63, 3.8) is 0 Å². The van der Waals surface area contributed by atoms with Gasteiger partial charge in [0.1, 0.15) is 11.6 Å². The van der Waals surface area contributed by atoms with E-state index in [1.165, 1.54) is 0 Å². The average Bonchev–Trinajstić information content (AvgIpc) is 3.03. The van der Waals surface area contributed by atoms with Crippen molar-refractivity contribution >= 4 is 28.5 Å². The van der Waals surface area contributed by atoms with Crippen molar-refractivity contribution in [1.29, 1.82) is 0 Å². The highest BCUT2D eigenvalue weighted by molar-refractivity contribution is 5.89. The lowest BCUT2D eigenvalue weighted by atomic mass is 10.3. The normalized spacial score (nSPS) is 10.9. The summed E-state index contributed by atoms with van der Waals surface area (Å²) in [5.41, 5.74) is 1.65. The minimum Gasteiger partial charge on any atom is -0.497 e. The SMILES string of the molecule is CCOCCCNc1nc(Nc2cccc(OC)c2)c2cnn(C)c2n1. The second kappa shape index (κ2) is 8.48. The maximum Gasteiger partial charge on any atom is 0.226 e. The van der Waals surface area contributed by atoms with Crippen LogP contribution in [0.1, 0.15) is 13.3 Å². The smallest absolute Gasteiger partial charge is 0.226 e. The minimum atomic E-state index is 0.558. The molecule has 8 nitrogen and oxygen atoms in total. The van der Waals surface area contributed by atoms with E-state index < -0.39 is 0 Å². The van der Waals surface area contributed by atoms with E-state index in [2.05, 4.69) is 25.7 Å². The van der Waals surface area contributed by atoms with Crippen molar-refractivity contribution in [2.75, 3.05) is 37.5 Å². The lowest BCUT2D eigenvalue weighted by Crippen LogP contribution is -2.10. The standard InChI is InChI=1S/C18H24N6O2/c1-4-26-10-6-9-19-18-22-16(15-12-20-24(2)17(15)23-18)21-13-7-5-8-14(11-13)25-3/h5,7-8,11-12H,4,6,9-10H2,1-3H3,(H2,19,21,22,23). The second-order valence-corrected chi connectivity index (χ2v) is 5.74. The van der Waals surface area contributed by atoms with Crippen LogP contribution in [0.2, 0.25) is 0 Å². The van der Waals surface area contributed by atoms with Crippen LogP contribution in [0.3, 0.4) is 0 Å². The molecule has 0 unspecified atom stereocenters. The summed E-state index contributed by atoms with van der Waals surface area (Å²) in [4.78, 5) is 9.18. The van der Waals surface area contributed by atoms with Gasteiger partial charge >= 0.3 is 0 Å². The Bertz CT molecular complexity index is 864. The van der Waals surface area contributed by atoms with Crippen molar-refractivity contribution in [3.05, 3.63) is 30.5 Å². The lowest BCUT2D eigenvalue weighted by Gasteiger charge is -2.11. The first-order valence-electron chi connectivity index (χ1n) is 8.63. The largest absolute Gasteiger partial charge is 0.497 e. The zero-order valence-electron chi connectivity index (χ0n) is 15.3. The molecule has 2 aromatic heterocycles. The first-order chi connectivity index (χ1) is 12.7. The highest BCUT2D eigenvalue weighted by Crippen LogP contribution is 2.26. The molecule has 0 aliphatic rings. The fraction of sp³-hybridized carbons (Fsp3) is 0.389. The molecule has 26 heavy (non-hydrogen) atoms. The molecule has 3 aromatic rings. The number of ether oxygens (including phenoxy) is 2. The van der Waals surface area contributed by atoms with Crippen molar-refractivity contribution in [1.82, 2.24) is 19.7 Å². The van der Waals surface area contributed by atoms with Crippen molar-refractivity contribution in [3.8, 4) is 5.75 Å². The van der Waals surface area contributed by atoms with Gasteiger partial charge in [0.15, 0.2) is 5.65 Å². The van der Waals surface area contributed by atoms with Gasteiger partial charge in [-0.2, -0.15) is 15.1 Å². The summed E-state index contributed by atoms with van der Waals surface area (Å²) in [5, 5.41) is 11.7. The predicted molar refractivity (Wildman–Crippen MR) is 102 cm³/mol. The molecule has 0 aliphatic heterocycles. The number of rotatable bonds is 9. The Balaban J connectivity index is 1.83. The number of aryl methyl sites for hydroxylation is 1. The molecular formula is C18H24N6O2. The molecule has 1 aromatic carbocycles. The van der Waals surface area contributed by atoms with Crippen LogP contribution < -0.4 is 15.4 Å². The number of aromatic nitrogens is 4. The van der Waals surface area contributed by atoms with E-state index >= 15 is 0 Å². The van der Waals surface area contributed by atoms with E-state index in [1.807, 2.05) is 38.2 Å². The molecule has 2 heterocycles. The summed E-state index contributed by atoms with van der Waals surface area (Å²) >= 11 is 0. The number of nitrogens with zero attached hydrogens (tertiary/aromatic N) is 4. The Labute approximate surface area is 152 Å². The van der Waals surface area contributed by atoms with Gasteiger partial charge in [-0.15, -0.1) is 0 Å². The Hall–Kier alpha value is -2.87. The summed E-state index contributed by atoms with van der Waals surface area (Å²) in [6.45, 7) is 4.17. The second-order valence-electron chi connectivity index (χ2n) is 5.74. The van der Waals surface area contributed by atoms with Crippen LogP contribution in [0.5, 0.6) is 5.75 Å². The van der Waals surface area contributed by atoms with Gasteiger partial charge in [-0.25, -0.2) is 0 Å². The van der Waals surface area contributed by atoms with Gasteiger partial charge in [0.05, 0.1) is 18.7 Å². The molecule has 0 bridgehead atoms. The molecule has 2 N–H and O–H groups in total. The van der Waals surface area contributed by atoms with E-state index in [1.54, 1.807) is 18.0 Å². The van der Waals surface area contributed by atoms with Gasteiger partial charge < -0.3 is 20.1 Å². The molecule has 0 aliphatic carbocycles. The van der Waals surface area contributed by atoms with Gasteiger partial charge in [-0.1, -0.05) is 6.07 Å². The van der Waals surface area contributed by atoms with Gasteiger partial charge in [0, 0.05) is 38.6 Å². The molecule has 0 fully saturated rings. The summed E-state index contributed by atoms with van der Waals surface area (Å²) in [5.74, 6) is 2.03. The lowest BCUT2D eigenvalue weighted by molar-refractivity contribution is 0.147. The van der Waals surface area contributed by atoms with Crippen LogP contribution in [0, 0.1) is 0 Å². The van der Waals surface area contributed by atoms with Crippen molar-refractivity contribution < 1.29 is 9.47 Å². The highest BCUT2D eigenvalue weighted by Gasteiger charge is 2.12. The number of methoxy groups -OCH3 is 1. The molecule has 0 radical (unpaired) electrons. The van der Waals surface area contributed by atoms with Crippen LogP contribution in [0.15, 0.2) is 30.5 Å². The Morgan fingerprint density at radius 3 is 2.92 bits per heavy atom. The quantitative estimate of drug-likeness (QED) is 0.570. The molecule has 0 atom stereocenters. The molecular weight excluding hydrogens is 332 g/mol. The number of hydrogen-bond acceptors (Lipinski definition) is 7. The maximum atomic E-state index is 5.35. The van der Waals surface area contributed by atoms with E-state index in [4.69, 9.17) is 9.47 Å². The Kier molecular flexibility index (Phi) is 5.85. The summed E-state index contributed by atoms with van der Waals surface area (Å²) in [6, 6.07) is 7.70. The number of benzene rings is 1. The third-order valence-corrected chi connectivity index (χ3v) is 3.88. The molecule has 0 amide bonds. The summed E-state index contributed by atoms with van der Waals surface area (Å²) in [6.07, 6.45) is 2.65. The molecule has 8 heteroatoms. The maximum absolute atomic E-state index is 5.35. The highest BCUT2D eigenvalue weighted by atomic mass is 16.5. The number of hydrogen-bond donors (Lipinski definition) is 2. The topological polar surface area (TPSA) is 86.1 Å². The molecule has 0 spiro atoms. The van der Waals surface area contributed by atoms with Gasteiger partial charge in [0.25, 0.3) is 0 Å². The first-order valence-corrected chi connectivity index (χ1v) is 8.63. The summed E-state index contributed by atoms with van der Waals surface area (Å²) < 4.78 is 12.4. The molecule has 3 rings (SSSR count). The Morgan fingerprint density at radius 2 is 2.12 bits per heavy atom. The van der Waals surface area contributed by atoms with Gasteiger partial charge in [-0.3, -0.25) is 4.68 Å². The van der Waals surface area contributed by atoms with Gasteiger partial charge in [0.2, 0.25) is 5.95 Å². The van der Waals surface area contributed by atoms with Crippen LogP contribution in [-0.4, -0.2) is 46.6 Å². The van der Waals surface area contributed by atoms with E-state index in [-0.39, 0.29) is 0 Å². The average molecular weight is 356 g/mol.